The SMILES string of the molecule is CCn1c(SCC(=O)Nc2cc(Cl)cc(Cl)c2)nnc1-c1ccccc1Cl. The molecule has 3 aromatic rings. The first kappa shape index (κ1) is 20.0. The van der Waals surface area contributed by atoms with E-state index in [2.05, 4.69) is 15.5 Å². The van der Waals surface area contributed by atoms with Crippen molar-refractivity contribution < 1.29 is 4.79 Å². The van der Waals surface area contributed by atoms with Crippen molar-refractivity contribution in [3.63, 3.8) is 0 Å². The molecule has 0 saturated heterocycles. The Morgan fingerprint density at radius 3 is 2.48 bits per heavy atom. The lowest BCUT2D eigenvalue weighted by atomic mass is 10.2. The third kappa shape index (κ3) is 4.96. The number of nitrogens with one attached hydrogen (secondary N) is 1. The van der Waals surface area contributed by atoms with Crippen LogP contribution in [0, 0.1) is 0 Å². The number of amides is 1. The molecule has 140 valence electrons. The molecule has 1 amide bonds. The Labute approximate surface area is 176 Å². The van der Waals surface area contributed by atoms with Crippen LogP contribution < -0.4 is 5.32 Å². The summed E-state index contributed by atoms with van der Waals surface area (Å²) in [6, 6.07) is 12.3. The largest absolute Gasteiger partial charge is 0.325 e. The van der Waals surface area contributed by atoms with E-state index >= 15 is 0 Å². The smallest absolute Gasteiger partial charge is 0.234 e. The molecule has 0 bridgehead atoms. The zero-order chi connectivity index (χ0) is 19.4. The highest BCUT2D eigenvalue weighted by Crippen LogP contribution is 2.29. The van der Waals surface area contributed by atoms with E-state index in [0.29, 0.717) is 38.3 Å². The molecule has 0 fully saturated rings. The highest BCUT2D eigenvalue weighted by Gasteiger charge is 2.16. The van der Waals surface area contributed by atoms with E-state index in [0.717, 1.165) is 5.56 Å². The number of hydrogen-bond acceptors (Lipinski definition) is 4. The first-order chi connectivity index (χ1) is 13.0. The number of carbonyl (C=O) groups excluding carboxylic acids is 1. The first-order valence-electron chi connectivity index (χ1n) is 8.04. The second-order valence-electron chi connectivity index (χ2n) is 5.53. The van der Waals surface area contributed by atoms with Crippen LogP contribution in [0.1, 0.15) is 6.92 Å². The number of hydrogen-bond donors (Lipinski definition) is 1. The summed E-state index contributed by atoms with van der Waals surface area (Å²) >= 11 is 19.5. The fourth-order valence-electron chi connectivity index (χ4n) is 2.48. The number of rotatable bonds is 6. The molecule has 0 aliphatic heterocycles. The number of nitrogens with zero attached hydrogens (tertiary/aromatic N) is 3. The van der Waals surface area contributed by atoms with Crippen LogP contribution in [0.2, 0.25) is 15.1 Å². The summed E-state index contributed by atoms with van der Waals surface area (Å²) in [5, 5.41) is 13.4. The van der Waals surface area contributed by atoms with Gasteiger partial charge in [0, 0.05) is 27.8 Å². The second-order valence-corrected chi connectivity index (χ2v) is 7.75. The van der Waals surface area contributed by atoms with E-state index in [1.54, 1.807) is 18.2 Å². The van der Waals surface area contributed by atoms with Gasteiger partial charge < -0.3 is 9.88 Å². The molecule has 2 aromatic carbocycles. The van der Waals surface area contributed by atoms with Crippen molar-refractivity contribution in [2.75, 3.05) is 11.1 Å². The van der Waals surface area contributed by atoms with Crippen LogP contribution in [0.15, 0.2) is 47.6 Å². The Hall–Kier alpha value is -1.73. The van der Waals surface area contributed by atoms with Gasteiger partial charge in [-0.25, -0.2) is 0 Å². The van der Waals surface area contributed by atoms with Gasteiger partial charge in [-0.05, 0) is 37.3 Å². The quantitative estimate of drug-likeness (QED) is 0.502. The number of aromatic nitrogens is 3. The summed E-state index contributed by atoms with van der Waals surface area (Å²) in [4.78, 5) is 12.2. The summed E-state index contributed by atoms with van der Waals surface area (Å²) in [7, 11) is 0. The summed E-state index contributed by atoms with van der Waals surface area (Å²) in [6.07, 6.45) is 0. The van der Waals surface area contributed by atoms with E-state index < -0.39 is 0 Å². The van der Waals surface area contributed by atoms with Crippen molar-refractivity contribution in [3.05, 3.63) is 57.5 Å². The zero-order valence-corrected chi connectivity index (χ0v) is 17.3. The minimum absolute atomic E-state index is 0.171. The van der Waals surface area contributed by atoms with Gasteiger partial charge in [0.05, 0.1) is 10.8 Å². The fourth-order valence-corrected chi connectivity index (χ4v) is 4.02. The van der Waals surface area contributed by atoms with Gasteiger partial charge in [0.2, 0.25) is 5.91 Å². The molecule has 3 rings (SSSR count). The number of benzene rings is 2. The summed E-state index contributed by atoms with van der Waals surface area (Å²) in [6.45, 7) is 2.64. The van der Waals surface area contributed by atoms with E-state index in [9.17, 15) is 4.79 Å². The van der Waals surface area contributed by atoms with Crippen LogP contribution in [0.4, 0.5) is 5.69 Å². The molecule has 9 heteroatoms. The zero-order valence-electron chi connectivity index (χ0n) is 14.2. The highest BCUT2D eigenvalue weighted by molar-refractivity contribution is 7.99. The molecule has 5 nitrogen and oxygen atoms in total. The predicted octanol–water partition coefficient (Wildman–Crippen LogP) is 5.66. The van der Waals surface area contributed by atoms with Crippen molar-refractivity contribution in [3.8, 4) is 11.4 Å². The van der Waals surface area contributed by atoms with Crippen molar-refractivity contribution >= 4 is 58.2 Å². The van der Waals surface area contributed by atoms with Gasteiger partial charge in [0.25, 0.3) is 0 Å². The third-order valence-corrected chi connectivity index (χ3v) is 5.36. The van der Waals surface area contributed by atoms with Gasteiger partial charge in [0.15, 0.2) is 11.0 Å². The number of halogens is 3. The first-order valence-corrected chi connectivity index (χ1v) is 10.2. The summed E-state index contributed by atoms with van der Waals surface area (Å²) < 4.78 is 1.93. The molecule has 0 spiro atoms. The molecule has 1 heterocycles. The van der Waals surface area contributed by atoms with Crippen molar-refractivity contribution in [2.45, 2.75) is 18.6 Å². The third-order valence-electron chi connectivity index (χ3n) is 3.63. The Kier molecular flexibility index (Phi) is 6.65. The molecule has 1 aromatic heterocycles. The number of carbonyl (C=O) groups is 1. The van der Waals surface area contributed by atoms with E-state index in [1.165, 1.54) is 11.8 Å². The molecule has 0 radical (unpaired) electrons. The van der Waals surface area contributed by atoms with Crippen LogP contribution in [0.3, 0.4) is 0 Å². The van der Waals surface area contributed by atoms with Gasteiger partial charge in [-0.3, -0.25) is 4.79 Å². The summed E-state index contributed by atoms with van der Waals surface area (Å²) in [5.41, 5.74) is 1.35. The Bertz CT molecular complexity index is 957. The minimum atomic E-state index is -0.191. The Morgan fingerprint density at radius 2 is 1.81 bits per heavy atom. The molecule has 0 aliphatic rings. The minimum Gasteiger partial charge on any atom is -0.325 e. The van der Waals surface area contributed by atoms with Crippen LogP contribution in [-0.2, 0) is 11.3 Å². The second kappa shape index (κ2) is 8.97. The lowest BCUT2D eigenvalue weighted by molar-refractivity contribution is -0.113. The standard InChI is InChI=1S/C18H15Cl3N4OS/c1-2-25-17(14-5-3-4-6-15(14)21)23-24-18(25)27-10-16(26)22-13-8-11(19)7-12(20)9-13/h3-9H,2,10H2,1H3,(H,22,26). The molecule has 27 heavy (non-hydrogen) atoms. The maximum Gasteiger partial charge on any atom is 0.234 e. The van der Waals surface area contributed by atoms with Crippen LogP contribution in [0.5, 0.6) is 0 Å². The molecule has 0 aliphatic carbocycles. The topological polar surface area (TPSA) is 59.8 Å². The van der Waals surface area contributed by atoms with Crippen molar-refractivity contribution in [1.29, 1.82) is 0 Å². The summed E-state index contributed by atoms with van der Waals surface area (Å²) in [5.74, 6) is 0.654. The van der Waals surface area contributed by atoms with E-state index in [1.807, 2.05) is 35.8 Å². The maximum absolute atomic E-state index is 12.2. The highest BCUT2D eigenvalue weighted by atomic mass is 35.5. The van der Waals surface area contributed by atoms with Crippen molar-refractivity contribution in [2.24, 2.45) is 0 Å². The van der Waals surface area contributed by atoms with Gasteiger partial charge in [-0.2, -0.15) is 0 Å². The molecule has 0 unspecified atom stereocenters. The van der Waals surface area contributed by atoms with Gasteiger partial charge in [-0.15, -0.1) is 10.2 Å². The molecule has 0 saturated carbocycles. The lowest BCUT2D eigenvalue weighted by Gasteiger charge is -2.09. The Morgan fingerprint density at radius 1 is 1.11 bits per heavy atom. The van der Waals surface area contributed by atoms with Crippen LogP contribution >= 0.6 is 46.6 Å². The Balaban J connectivity index is 1.71. The molecular weight excluding hydrogens is 427 g/mol. The molecular formula is C18H15Cl3N4OS. The van der Waals surface area contributed by atoms with E-state index in [-0.39, 0.29) is 11.7 Å². The van der Waals surface area contributed by atoms with E-state index in [4.69, 9.17) is 34.8 Å². The average molecular weight is 442 g/mol. The van der Waals surface area contributed by atoms with Gasteiger partial charge >= 0.3 is 0 Å². The molecule has 1 N–H and O–H groups in total. The number of anilines is 1. The van der Waals surface area contributed by atoms with Gasteiger partial charge in [0.1, 0.15) is 0 Å². The number of thioether (sulfide) groups is 1. The van der Waals surface area contributed by atoms with Crippen LogP contribution in [-0.4, -0.2) is 26.4 Å². The van der Waals surface area contributed by atoms with Crippen molar-refractivity contribution in [1.82, 2.24) is 14.8 Å². The normalized spacial score (nSPS) is 10.8. The fraction of sp³-hybridized carbons (Fsp3) is 0.167. The van der Waals surface area contributed by atoms with Crippen LogP contribution in [0.25, 0.3) is 11.4 Å². The average Bonchev–Trinajstić information content (AvgIpc) is 3.02. The monoisotopic (exact) mass is 440 g/mol. The molecule has 0 atom stereocenters. The predicted molar refractivity (Wildman–Crippen MR) is 112 cm³/mol. The maximum atomic E-state index is 12.2. The van der Waals surface area contributed by atoms with Gasteiger partial charge in [-0.1, -0.05) is 58.7 Å². The lowest BCUT2D eigenvalue weighted by Crippen LogP contribution is -2.14.